The van der Waals surface area contributed by atoms with Crippen molar-refractivity contribution in [3.05, 3.63) is 34.9 Å². The Balaban J connectivity index is 2.27. The second-order valence-corrected chi connectivity index (χ2v) is 7.21. The molecule has 0 spiro atoms. The topological polar surface area (TPSA) is 32.7 Å². The lowest BCUT2D eigenvalue weighted by Gasteiger charge is -2.36. The van der Waals surface area contributed by atoms with Crippen LogP contribution in [0.15, 0.2) is 29.3 Å². The normalized spacial score (nSPS) is 21.0. The lowest BCUT2D eigenvalue weighted by atomic mass is 9.83. The van der Waals surface area contributed by atoms with Gasteiger partial charge in [-0.2, -0.15) is 4.99 Å². The molecule has 126 valence electrons. The molecule has 2 rings (SSSR count). The summed E-state index contributed by atoms with van der Waals surface area (Å²) in [7, 11) is 1.97. The summed E-state index contributed by atoms with van der Waals surface area (Å²) in [6.45, 7) is 2.21. The van der Waals surface area contributed by atoms with E-state index in [0.29, 0.717) is 5.02 Å². The van der Waals surface area contributed by atoms with Crippen molar-refractivity contribution in [3.63, 3.8) is 0 Å². The first-order valence-corrected chi connectivity index (χ1v) is 9.83. The lowest BCUT2D eigenvalue weighted by Crippen LogP contribution is -2.46. The van der Waals surface area contributed by atoms with Gasteiger partial charge in [0.15, 0.2) is 5.17 Å². The minimum Gasteiger partial charge on any atom is -0.336 e. The summed E-state index contributed by atoms with van der Waals surface area (Å²) in [5.74, 6) is -0.0675. The van der Waals surface area contributed by atoms with Crippen LogP contribution in [0.4, 0.5) is 0 Å². The second-order valence-electron chi connectivity index (χ2n) is 6.00. The number of amides is 1. The van der Waals surface area contributed by atoms with Crippen LogP contribution in [0, 0.1) is 0 Å². The Bertz CT molecular complexity index is 590. The molecule has 0 aromatic heterocycles. The Morgan fingerprint density at radius 1 is 1.26 bits per heavy atom. The van der Waals surface area contributed by atoms with Crippen molar-refractivity contribution < 1.29 is 4.79 Å². The molecule has 0 aliphatic carbocycles. The molecule has 23 heavy (non-hydrogen) atoms. The molecule has 0 saturated heterocycles. The Kier molecular flexibility index (Phi) is 6.54. The highest BCUT2D eigenvalue weighted by Crippen LogP contribution is 2.41. The van der Waals surface area contributed by atoms with Crippen molar-refractivity contribution in [3.8, 4) is 0 Å². The molecule has 0 N–H and O–H groups in total. The molecule has 1 aromatic rings. The van der Waals surface area contributed by atoms with E-state index >= 15 is 0 Å². The van der Waals surface area contributed by atoms with E-state index in [1.54, 1.807) is 0 Å². The molecule has 1 amide bonds. The SMILES string of the molecule is CCCCCCCC1(c2cccc(Cl)c2)C(=O)N=C(SC)N1C. The van der Waals surface area contributed by atoms with Gasteiger partial charge in [0.2, 0.25) is 0 Å². The van der Waals surface area contributed by atoms with Gasteiger partial charge in [-0.05, 0) is 30.4 Å². The Hall–Kier alpha value is -1.00. The van der Waals surface area contributed by atoms with Crippen LogP contribution >= 0.6 is 23.4 Å². The number of thioether (sulfide) groups is 1. The molecule has 0 saturated carbocycles. The zero-order valence-electron chi connectivity index (χ0n) is 14.1. The fourth-order valence-electron chi connectivity index (χ4n) is 3.21. The summed E-state index contributed by atoms with van der Waals surface area (Å²) in [5, 5.41) is 1.44. The van der Waals surface area contributed by atoms with Gasteiger partial charge in [-0.15, -0.1) is 0 Å². The number of carbonyl (C=O) groups is 1. The van der Waals surface area contributed by atoms with Gasteiger partial charge in [-0.25, -0.2) is 0 Å². The van der Waals surface area contributed by atoms with Crippen LogP contribution in [-0.4, -0.2) is 29.3 Å². The third-order valence-electron chi connectivity index (χ3n) is 4.54. The highest BCUT2D eigenvalue weighted by atomic mass is 35.5. The number of unbranched alkanes of at least 4 members (excludes halogenated alkanes) is 4. The third kappa shape index (κ3) is 3.74. The number of aliphatic imine (C=N–C) groups is 1. The summed E-state index contributed by atoms with van der Waals surface area (Å²) in [5.41, 5.74) is 0.246. The molecule has 3 nitrogen and oxygen atoms in total. The number of hydrogen-bond donors (Lipinski definition) is 0. The van der Waals surface area contributed by atoms with Gasteiger partial charge in [0.05, 0.1) is 0 Å². The van der Waals surface area contributed by atoms with Crippen molar-refractivity contribution in [2.24, 2.45) is 4.99 Å². The number of rotatable bonds is 7. The summed E-state index contributed by atoms with van der Waals surface area (Å²) in [6, 6.07) is 7.65. The van der Waals surface area contributed by atoms with E-state index in [1.807, 2.05) is 42.5 Å². The molecule has 1 unspecified atom stereocenters. The van der Waals surface area contributed by atoms with Crippen molar-refractivity contribution in [2.45, 2.75) is 51.0 Å². The van der Waals surface area contributed by atoms with Crippen molar-refractivity contribution in [1.29, 1.82) is 0 Å². The summed E-state index contributed by atoms with van der Waals surface area (Å²) >= 11 is 7.70. The Morgan fingerprint density at radius 2 is 2.00 bits per heavy atom. The van der Waals surface area contributed by atoms with Crippen molar-refractivity contribution in [2.75, 3.05) is 13.3 Å². The smallest absolute Gasteiger partial charge is 0.278 e. The van der Waals surface area contributed by atoms with Crippen LogP contribution in [0.2, 0.25) is 5.02 Å². The molecular formula is C18H25ClN2OS. The van der Waals surface area contributed by atoms with E-state index in [0.717, 1.165) is 30.0 Å². The standard InChI is InChI=1S/C18H25ClN2OS/c1-4-5-6-7-8-12-18(14-10-9-11-15(19)13-14)16(22)20-17(23-3)21(18)2/h9-11,13H,4-8,12H2,1-3H3. The summed E-state index contributed by atoms with van der Waals surface area (Å²) in [6.07, 6.45) is 8.58. The van der Waals surface area contributed by atoms with Crippen LogP contribution in [0.1, 0.15) is 51.0 Å². The van der Waals surface area contributed by atoms with Crippen LogP contribution in [0.3, 0.4) is 0 Å². The van der Waals surface area contributed by atoms with Gasteiger partial charge < -0.3 is 4.90 Å². The van der Waals surface area contributed by atoms with Gasteiger partial charge >= 0.3 is 0 Å². The molecule has 0 radical (unpaired) electrons. The van der Waals surface area contributed by atoms with Crippen LogP contribution < -0.4 is 0 Å². The predicted octanol–water partition coefficient (Wildman–Crippen LogP) is 5.09. The van der Waals surface area contributed by atoms with E-state index in [2.05, 4.69) is 11.9 Å². The maximum absolute atomic E-state index is 12.8. The molecule has 1 atom stereocenters. The average Bonchev–Trinajstić information content (AvgIpc) is 2.79. The Morgan fingerprint density at radius 3 is 2.61 bits per heavy atom. The van der Waals surface area contributed by atoms with Crippen molar-refractivity contribution >= 4 is 34.4 Å². The van der Waals surface area contributed by atoms with Crippen LogP contribution in [0.25, 0.3) is 0 Å². The first kappa shape index (κ1) is 18.3. The lowest BCUT2D eigenvalue weighted by molar-refractivity contribution is -0.126. The largest absolute Gasteiger partial charge is 0.336 e. The molecule has 0 fully saturated rings. The van der Waals surface area contributed by atoms with Crippen LogP contribution in [-0.2, 0) is 10.3 Å². The fourth-order valence-corrected chi connectivity index (χ4v) is 4.00. The average molecular weight is 353 g/mol. The molecule has 1 aliphatic heterocycles. The van der Waals surface area contributed by atoms with E-state index in [1.165, 1.54) is 31.0 Å². The minimum atomic E-state index is -0.699. The quantitative estimate of drug-likeness (QED) is 0.641. The monoisotopic (exact) mass is 352 g/mol. The van der Waals surface area contributed by atoms with Gasteiger partial charge in [0.1, 0.15) is 5.54 Å². The highest BCUT2D eigenvalue weighted by molar-refractivity contribution is 8.13. The number of carbonyl (C=O) groups excluding carboxylic acids is 1. The first-order chi connectivity index (χ1) is 11.1. The van der Waals surface area contributed by atoms with E-state index in [4.69, 9.17) is 11.6 Å². The number of amidine groups is 1. The fraction of sp³-hybridized carbons (Fsp3) is 0.556. The first-order valence-electron chi connectivity index (χ1n) is 8.23. The van der Waals surface area contributed by atoms with E-state index < -0.39 is 5.54 Å². The van der Waals surface area contributed by atoms with E-state index in [9.17, 15) is 4.79 Å². The van der Waals surface area contributed by atoms with Gasteiger partial charge in [0, 0.05) is 12.1 Å². The number of halogens is 1. The predicted molar refractivity (Wildman–Crippen MR) is 100 cm³/mol. The van der Waals surface area contributed by atoms with Crippen LogP contribution in [0.5, 0.6) is 0 Å². The van der Waals surface area contributed by atoms with Gasteiger partial charge in [0.25, 0.3) is 5.91 Å². The summed E-state index contributed by atoms with van der Waals surface area (Å²) < 4.78 is 0. The third-order valence-corrected chi connectivity index (χ3v) is 5.50. The maximum atomic E-state index is 12.8. The second kappa shape index (κ2) is 8.20. The molecule has 5 heteroatoms. The number of benzene rings is 1. The molecular weight excluding hydrogens is 328 g/mol. The molecule has 1 aliphatic rings. The summed E-state index contributed by atoms with van der Waals surface area (Å²) in [4.78, 5) is 19.1. The molecule has 1 heterocycles. The molecule has 1 aromatic carbocycles. The number of likely N-dealkylation sites (N-methyl/N-ethyl adjacent to an activating group) is 1. The highest BCUT2D eigenvalue weighted by Gasteiger charge is 2.49. The zero-order chi connectivity index (χ0) is 16.9. The van der Waals surface area contributed by atoms with Gasteiger partial charge in [-0.1, -0.05) is 74.5 Å². The Labute approximate surface area is 148 Å². The minimum absolute atomic E-state index is 0.0675. The maximum Gasteiger partial charge on any atom is 0.278 e. The molecule has 0 bridgehead atoms. The number of nitrogens with zero attached hydrogens (tertiary/aromatic N) is 2. The zero-order valence-corrected chi connectivity index (χ0v) is 15.7. The van der Waals surface area contributed by atoms with Crippen molar-refractivity contribution in [1.82, 2.24) is 4.90 Å². The number of hydrogen-bond acceptors (Lipinski definition) is 3. The van der Waals surface area contributed by atoms with Gasteiger partial charge in [-0.3, -0.25) is 4.79 Å². The van der Waals surface area contributed by atoms with E-state index in [-0.39, 0.29) is 5.91 Å².